The first-order valence-corrected chi connectivity index (χ1v) is 7.26. The highest BCUT2D eigenvalue weighted by atomic mass is 16.6. The van der Waals surface area contributed by atoms with E-state index in [4.69, 9.17) is 4.74 Å². The van der Waals surface area contributed by atoms with E-state index in [2.05, 4.69) is 23.6 Å². The van der Waals surface area contributed by atoms with Gasteiger partial charge >= 0.3 is 6.09 Å². The second kappa shape index (κ2) is 5.46. The summed E-state index contributed by atoms with van der Waals surface area (Å²) in [6, 6.07) is 0.391. The number of carbonyl (C=O) groups excluding carboxylic acids is 1. The van der Waals surface area contributed by atoms with Crippen LogP contribution in [0.1, 0.15) is 50.9 Å². The van der Waals surface area contributed by atoms with Crippen LogP contribution < -0.4 is 0 Å². The lowest BCUT2D eigenvalue weighted by Gasteiger charge is -2.33. The van der Waals surface area contributed by atoms with Crippen LogP contribution in [0.2, 0.25) is 0 Å². The topological polar surface area (TPSA) is 47.4 Å². The van der Waals surface area contributed by atoms with Crippen LogP contribution in [0.4, 0.5) is 4.79 Å². The van der Waals surface area contributed by atoms with E-state index in [1.54, 1.807) is 4.90 Å². The summed E-state index contributed by atoms with van der Waals surface area (Å²) in [5.74, 6) is 0. The summed E-state index contributed by atoms with van der Waals surface area (Å²) in [7, 11) is 0. The van der Waals surface area contributed by atoms with Gasteiger partial charge in [0, 0.05) is 18.8 Å². The van der Waals surface area contributed by atoms with Gasteiger partial charge in [-0.05, 0) is 53.0 Å². The van der Waals surface area contributed by atoms with Crippen molar-refractivity contribution in [1.29, 1.82) is 0 Å². The number of nitrogens with zero attached hydrogens (tertiary/aromatic N) is 3. The van der Waals surface area contributed by atoms with E-state index < -0.39 is 5.60 Å². The molecule has 1 amide bonds. The Kier molecular flexibility index (Phi) is 4.06. The standard InChI is InChI=1S/C15H25N3O2/c1-11-10-16-18(12(11)2)13-6-8-17(9-7-13)14(19)20-15(3,4)5/h10,13H,6-9H2,1-5H3. The fourth-order valence-electron chi connectivity index (χ4n) is 2.50. The number of aromatic nitrogens is 2. The first-order valence-electron chi connectivity index (χ1n) is 7.26. The Morgan fingerprint density at radius 2 is 1.90 bits per heavy atom. The molecule has 1 aliphatic rings. The van der Waals surface area contributed by atoms with Crippen LogP contribution in [-0.2, 0) is 4.74 Å². The van der Waals surface area contributed by atoms with Gasteiger partial charge in [0.15, 0.2) is 0 Å². The van der Waals surface area contributed by atoms with Crippen molar-refractivity contribution in [1.82, 2.24) is 14.7 Å². The van der Waals surface area contributed by atoms with E-state index in [1.165, 1.54) is 11.3 Å². The summed E-state index contributed by atoms with van der Waals surface area (Å²) in [6.07, 6.45) is 3.57. The molecule has 2 heterocycles. The van der Waals surface area contributed by atoms with Crippen LogP contribution in [0.15, 0.2) is 6.20 Å². The smallest absolute Gasteiger partial charge is 0.410 e. The molecule has 0 bridgehead atoms. The maximum atomic E-state index is 12.0. The normalized spacial score (nSPS) is 17.4. The third-order valence-corrected chi connectivity index (χ3v) is 3.75. The Morgan fingerprint density at radius 1 is 1.30 bits per heavy atom. The second-order valence-corrected chi connectivity index (χ2v) is 6.56. The largest absolute Gasteiger partial charge is 0.444 e. The minimum absolute atomic E-state index is 0.204. The molecule has 0 radical (unpaired) electrons. The molecule has 1 saturated heterocycles. The summed E-state index contributed by atoms with van der Waals surface area (Å²) in [5.41, 5.74) is 2.02. The number of aryl methyl sites for hydroxylation is 1. The molecule has 0 aliphatic carbocycles. The summed E-state index contributed by atoms with van der Waals surface area (Å²) in [6.45, 7) is 11.3. The molecule has 5 nitrogen and oxygen atoms in total. The third kappa shape index (κ3) is 3.32. The highest BCUT2D eigenvalue weighted by molar-refractivity contribution is 5.68. The highest BCUT2D eigenvalue weighted by Gasteiger charge is 2.28. The number of ether oxygens (including phenoxy) is 1. The predicted molar refractivity (Wildman–Crippen MR) is 77.8 cm³/mol. The molecule has 1 fully saturated rings. The molecular formula is C15H25N3O2. The Morgan fingerprint density at radius 3 is 2.35 bits per heavy atom. The zero-order valence-corrected chi connectivity index (χ0v) is 13.1. The van der Waals surface area contributed by atoms with Crippen LogP contribution in [0.3, 0.4) is 0 Å². The van der Waals surface area contributed by atoms with Crippen molar-refractivity contribution in [3.63, 3.8) is 0 Å². The van der Waals surface area contributed by atoms with Gasteiger partial charge in [0.2, 0.25) is 0 Å². The van der Waals surface area contributed by atoms with E-state index in [-0.39, 0.29) is 6.09 Å². The number of likely N-dealkylation sites (tertiary alicyclic amines) is 1. The molecule has 0 aromatic carbocycles. The maximum absolute atomic E-state index is 12.0. The molecule has 0 unspecified atom stereocenters. The highest BCUT2D eigenvalue weighted by Crippen LogP contribution is 2.25. The van der Waals surface area contributed by atoms with Crippen LogP contribution in [0.25, 0.3) is 0 Å². The number of amides is 1. The van der Waals surface area contributed by atoms with Gasteiger partial charge in [-0.15, -0.1) is 0 Å². The van der Waals surface area contributed by atoms with Crippen LogP contribution >= 0.6 is 0 Å². The van der Waals surface area contributed by atoms with Gasteiger partial charge in [0.1, 0.15) is 5.60 Å². The van der Waals surface area contributed by atoms with Crippen LogP contribution in [0.5, 0.6) is 0 Å². The predicted octanol–water partition coefficient (Wildman–Crippen LogP) is 3.07. The van der Waals surface area contributed by atoms with E-state index in [1.807, 2.05) is 27.0 Å². The fraction of sp³-hybridized carbons (Fsp3) is 0.733. The Labute approximate surface area is 120 Å². The Balaban J connectivity index is 1.93. The molecule has 2 rings (SSSR count). The van der Waals surface area contributed by atoms with Crippen molar-refractivity contribution in [2.75, 3.05) is 13.1 Å². The molecule has 0 spiro atoms. The van der Waals surface area contributed by atoms with Gasteiger partial charge in [-0.1, -0.05) is 0 Å². The van der Waals surface area contributed by atoms with E-state index in [0.29, 0.717) is 6.04 Å². The first-order chi connectivity index (χ1) is 9.28. The maximum Gasteiger partial charge on any atom is 0.410 e. The van der Waals surface area contributed by atoms with Crippen molar-refractivity contribution in [2.24, 2.45) is 0 Å². The molecule has 5 heteroatoms. The van der Waals surface area contributed by atoms with Crippen molar-refractivity contribution < 1.29 is 9.53 Å². The lowest BCUT2D eigenvalue weighted by Crippen LogP contribution is -2.42. The number of rotatable bonds is 1. The SMILES string of the molecule is Cc1cnn(C2CCN(C(=O)OC(C)(C)C)CC2)c1C. The average Bonchev–Trinajstić information content (AvgIpc) is 2.68. The van der Waals surface area contributed by atoms with Crippen molar-refractivity contribution in [2.45, 2.75) is 59.1 Å². The first kappa shape index (κ1) is 14.9. The minimum atomic E-state index is -0.427. The molecule has 0 N–H and O–H groups in total. The van der Waals surface area contributed by atoms with E-state index in [9.17, 15) is 4.79 Å². The van der Waals surface area contributed by atoms with Crippen molar-refractivity contribution in [3.8, 4) is 0 Å². The molecule has 20 heavy (non-hydrogen) atoms. The van der Waals surface area contributed by atoms with Crippen LogP contribution in [0, 0.1) is 13.8 Å². The zero-order valence-electron chi connectivity index (χ0n) is 13.1. The fourth-order valence-corrected chi connectivity index (χ4v) is 2.50. The Hall–Kier alpha value is -1.52. The third-order valence-electron chi connectivity index (χ3n) is 3.75. The lowest BCUT2D eigenvalue weighted by atomic mass is 10.1. The summed E-state index contributed by atoms with van der Waals surface area (Å²) >= 11 is 0. The van der Waals surface area contributed by atoms with Crippen LogP contribution in [-0.4, -0.2) is 39.5 Å². The number of hydrogen-bond donors (Lipinski definition) is 0. The van der Waals surface area contributed by atoms with Gasteiger partial charge in [0.25, 0.3) is 0 Å². The van der Waals surface area contributed by atoms with Gasteiger partial charge in [0.05, 0.1) is 12.2 Å². The monoisotopic (exact) mass is 279 g/mol. The lowest BCUT2D eigenvalue weighted by molar-refractivity contribution is 0.0184. The molecule has 1 aliphatic heterocycles. The number of piperidine rings is 1. The molecule has 112 valence electrons. The minimum Gasteiger partial charge on any atom is -0.444 e. The number of carbonyl (C=O) groups is 1. The summed E-state index contributed by atoms with van der Waals surface area (Å²) < 4.78 is 7.51. The molecular weight excluding hydrogens is 254 g/mol. The average molecular weight is 279 g/mol. The summed E-state index contributed by atoms with van der Waals surface area (Å²) in [4.78, 5) is 13.8. The van der Waals surface area contributed by atoms with E-state index >= 15 is 0 Å². The van der Waals surface area contributed by atoms with Gasteiger partial charge in [-0.25, -0.2) is 4.79 Å². The molecule has 1 aromatic rings. The Bertz CT molecular complexity index is 480. The molecule has 1 aromatic heterocycles. The van der Waals surface area contributed by atoms with Gasteiger partial charge in [-0.2, -0.15) is 5.10 Å². The number of hydrogen-bond acceptors (Lipinski definition) is 3. The van der Waals surface area contributed by atoms with Crippen molar-refractivity contribution >= 4 is 6.09 Å². The van der Waals surface area contributed by atoms with Gasteiger partial charge in [-0.3, -0.25) is 4.68 Å². The quantitative estimate of drug-likeness (QED) is 0.793. The zero-order chi connectivity index (χ0) is 14.9. The van der Waals surface area contributed by atoms with Crippen molar-refractivity contribution in [3.05, 3.63) is 17.5 Å². The molecule has 0 atom stereocenters. The molecule has 0 saturated carbocycles. The second-order valence-electron chi connectivity index (χ2n) is 6.56. The van der Waals surface area contributed by atoms with Gasteiger partial charge < -0.3 is 9.64 Å². The van der Waals surface area contributed by atoms with E-state index in [0.717, 1.165) is 25.9 Å². The summed E-state index contributed by atoms with van der Waals surface area (Å²) in [5, 5.41) is 4.45.